The molecule has 1 atom stereocenters. The van der Waals surface area contributed by atoms with Gasteiger partial charge in [0.25, 0.3) is 0 Å². The number of carbonyl (C=O) groups excluding carboxylic acids is 1. The first-order chi connectivity index (χ1) is 11.9. The van der Waals surface area contributed by atoms with Crippen LogP contribution in [-0.2, 0) is 13.7 Å². The maximum atomic E-state index is 12.1. The van der Waals surface area contributed by atoms with Crippen molar-refractivity contribution in [3.8, 4) is 0 Å². The van der Waals surface area contributed by atoms with Crippen LogP contribution in [0.4, 0.5) is 0 Å². The van der Waals surface area contributed by atoms with E-state index >= 15 is 0 Å². The zero-order valence-electron chi connectivity index (χ0n) is 15.1. The second-order valence-corrected chi connectivity index (χ2v) is 10.3. The molecular weight excluding hydrogens is 332 g/mol. The molecular formula is C21H26O3S. The molecule has 0 spiro atoms. The van der Waals surface area contributed by atoms with Crippen LogP contribution in [0.25, 0.3) is 0 Å². The number of benzene rings is 2. The third kappa shape index (κ3) is 4.07. The Morgan fingerprint density at radius 3 is 1.92 bits per heavy atom. The summed E-state index contributed by atoms with van der Waals surface area (Å²) in [6.45, 7) is 7.10. The van der Waals surface area contributed by atoms with E-state index in [2.05, 4.69) is 45.0 Å². The molecule has 25 heavy (non-hydrogen) atoms. The fraction of sp³-hybridized carbons (Fsp3) is 0.381. The first-order valence-corrected chi connectivity index (χ1v) is 10.4. The van der Waals surface area contributed by atoms with E-state index in [-0.39, 0.29) is 11.4 Å². The molecule has 0 N–H and O–H groups in total. The number of carbonyl (C=O) groups is 1. The van der Waals surface area contributed by atoms with Crippen molar-refractivity contribution in [1.82, 2.24) is 0 Å². The van der Waals surface area contributed by atoms with Gasteiger partial charge in [0.1, 0.15) is 0 Å². The highest BCUT2D eigenvalue weighted by Crippen LogP contribution is 2.66. The van der Waals surface area contributed by atoms with Crippen LogP contribution in [-0.4, -0.2) is 24.4 Å². The van der Waals surface area contributed by atoms with Gasteiger partial charge in [0.2, 0.25) is 0 Å². The molecule has 0 bridgehead atoms. The average molecular weight is 359 g/mol. The first kappa shape index (κ1) is 18.0. The lowest BCUT2D eigenvalue weighted by Gasteiger charge is -2.45. The lowest BCUT2D eigenvalue weighted by molar-refractivity contribution is -0.143. The summed E-state index contributed by atoms with van der Waals surface area (Å²) in [6.07, 6.45) is 0.134. The minimum absolute atomic E-state index is 0.0452. The van der Waals surface area contributed by atoms with Gasteiger partial charge >= 0.3 is 5.97 Å². The van der Waals surface area contributed by atoms with E-state index < -0.39 is 16.4 Å². The van der Waals surface area contributed by atoms with Crippen molar-refractivity contribution < 1.29 is 13.7 Å². The number of cyclic esters (lactones) is 1. The van der Waals surface area contributed by atoms with Crippen molar-refractivity contribution >= 4 is 16.3 Å². The molecule has 1 fully saturated rings. The second-order valence-electron chi connectivity index (χ2n) is 7.55. The number of hydrogen-bond acceptors (Lipinski definition) is 3. The number of esters is 1. The number of hydrogen-bond donors (Lipinski definition) is 0. The third-order valence-electron chi connectivity index (χ3n) is 4.05. The summed E-state index contributed by atoms with van der Waals surface area (Å²) in [5.74, 6) is 0.607. The molecule has 3 rings (SSSR count). The summed E-state index contributed by atoms with van der Waals surface area (Å²) in [7, 11) is -1.83. The molecule has 1 aliphatic heterocycles. The molecule has 134 valence electrons. The van der Waals surface area contributed by atoms with Crippen molar-refractivity contribution in [2.75, 3.05) is 12.4 Å². The van der Waals surface area contributed by atoms with Gasteiger partial charge in [-0.1, -0.05) is 67.5 Å². The Morgan fingerprint density at radius 2 is 1.52 bits per heavy atom. The molecule has 2 aromatic rings. The van der Waals surface area contributed by atoms with Crippen molar-refractivity contribution in [3.05, 3.63) is 60.7 Å². The lowest BCUT2D eigenvalue weighted by atomic mass is 10.0. The maximum absolute atomic E-state index is 12.1. The molecule has 1 unspecified atom stereocenters. The Hall–Kier alpha value is -1.78. The van der Waals surface area contributed by atoms with E-state index in [1.165, 1.54) is 0 Å². The summed E-state index contributed by atoms with van der Waals surface area (Å²) < 4.78 is 11.8. The standard InChI is InChI=1S/C21H26O3S/c1-21(2,3)16-25(17-10-6-4-7-11-17,18-12-8-5-9-13-18)24-19-14-15-23-20(19)22/h4-13,19H,14-16H2,1-3H3. The van der Waals surface area contributed by atoms with E-state index in [1.807, 2.05) is 36.4 Å². The van der Waals surface area contributed by atoms with Gasteiger partial charge in [-0.2, -0.15) is 0 Å². The van der Waals surface area contributed by atoms with Crippen LogP contribution >= 0.6 is 10.3 Å². The normalized spacial score (nSPS) is 18.8. The topological polar surface area (TPSA) is 35.5 Å². The fourth-order valence-corrected chi connectivity index (χ4v) is 6.98. The molecule has 1 aliphatic rings. The molecule has 2 aromatic carbocycles. The molecule has 0 saturated carbocycles. The molecule has 4 heteroatoms. The Balaban J connectivity index is 2.14. The molecule has 0 radical (unpaired) electrons. The Morgan fingerprint density at radius 1 is 1.00 bits per heavy atom. The molecule has 0 aromatic heterocycles. The van der Waals surface area contributed by atoms with Crippen molar-refractivity contribution in [3.63, 3.8) is 0 Å². The van der Waals surface area contributed by atoms with E-state index in [4.69, 9.17) is 8.92 Å². The van der Waals surface area contributed by atoms with Crippen LogP contribution in [0, 0.1) is 5.41 Å². The van der Waals surface area contributed by atoms with Gasteiger partial charge in [0.15, 0.2) is 6.10 Å². The zero-order chi connectivity index (χ0) is 17.9. The van der Waals surface area contributed by atoms with Crippen LogP contribution in [0.1, 0.15) is 27.2 Å². The lowest BCUT2D eigenvalue weighted by Crippen LogP contribution is -2.27. The SMILES string of the molecule is CC(C)(C)CS(OC1CCOC1=O)(c1ccccc1)c1ccccc1. The summed E-state index contributed by atoms with van der Waals surface area (Å²) in [5.41, 5.74) is 0.0452. The minimum Gasteiger partial charge on any atom is -0.464 e. The van der Waals surface area contributed by atoms with Crippen LogP contribution in [0.3, 0.4) is 0 Å². The number of ether oxygens (including phenoxy) is 1. The summed E-state index contributed by atoms with van der Waals surface area (Å²) >= 11 is 0. The van der Waals surface area contributed by atoms with Crippen molar-refractivity contribution in [2.45, 2.75) is 43.1 Å². The Kier molecular flexibility index (Phi) is 5.21. The monoisotopic (exact) mass is 358 g/mol. The van der Waals surface area contributed by atoms with Crippen LogP contribution in [0.2, 0.25) is 0 Å². The van der Waals surface area contributed by atoms with E-state index in [1.54, 1.807) is 0 Å². The van der Waals surface area contributed by atoms with Gasteiger partial charge in [0.05, 0.1) is 6.61 Å². The quantitative estimate of drug-likeness (QED) is 0.689. The number of rotatable bonds is 5. The van der Waals surface area contributed by atoms with Gasteiger partial charge in [-0.15, -0.1) is 0 Å². The third-order valence-corrected chi connectivity index (χ3v) is 7.95. The zero-order valence-corrected chi connectivity index (χ0v) is 15.9. The fourth-order valence-electron chi connectivity index (χ4n) is 3.10. The first-order valence-electron chi connectivity index (χ1n) is 8.67. The van der Waals surface area contributed by atoms with Gasteiger partial charge in [-0.25, -0.2) is 4.79 Å². The van der Waals surface area contributed by atoms with Crippen molar-refractivity contribution in [1.29, 1.82) is 0 Å². The Bertz CT molecular complexity index is 667. The van der Waals surface area contributed by atoms with Crippen molar-refractivity contribution in [2.24, 2.45) is 5.41 Å². The van der Waals surface area contributed by atoms with E-state index in [0.717, 1.165) is 15.5 Å². The highest BCUT2D eigenvalue weighted by Gasteiger charge is 2.40. The van der Waals surface area contributed by atoms with Gasteiger partial charge in [-0.3, -0.25) is 0 Å². The van der Waals surface area contributed by atoms with E-state index in [9.17, 15) is 4.79 Å². The molecule has 0 aliphatic carbocycles. The largest absolute Gasteiger partial charge is 0.464 e. The highest BCUT2D eigenvalue weighted by atomic mass is 32.3. The Labute approximate surface area is 151 Å². The molecule has 1 saturated heterocycles. The van der Waals surface area contributed by atoms with Gasteiger partial charge in [-0.05, 0) is 29.7 Å². The summed E-state index contributed by atoms with van der Waals surface area (Å²) in [6, 6.07) is 20.7. The van der Waals surface area contributed by atoms with Crippen LogP contribution in [0.15, 0.2) is 70.5 Å². The molecule has 1 heterocycles. The molecule has 3 nitrogen and oxygen atoms in total. The van der Waals surface area contributed by atoms with Gasteiger partial charge in [0, 0.05) is 22.0 Å². The average Bonchev–Trinajstić information content (AvgIpc) is 2.99. The summed E-state index contributed by atoms with van der Waals surface area (Å²) in [4.78, 5) is 14.4. The predicted molar refractivity (Wildman–Crippen MR) is 102 cm³/mol. The highest BCUT2D eigenvalue weighted by molar-refractivity contribution is 8.30. The van der Waals surface area contributed by atoms with Crippen LogP contribution in [0.5, 0.6) is 0 Å². The second kappa shape index (κ2) is 7.22. The predicted octanol–water partition coefficient (Wildman–Crippen LogP) is 5.20. The van der Waals surface area contributed by atoms with E-state index in [0.29, 0.717) is 13.0 Å². The summed E-state index contributed by atoms with van der Waals surface area (Å²) in [5, 5.41) is 0. The maximum Gasteiger partial charge on any atom is 0.336 e. The minimum atomic E-state index is -1.83. The van der Waals surface area contributed by atoms with Gasteiger partial charge < -0.3 is 8.92 Å². The van der Waals surface area contributed by atoms with Crippen LogP contribution < -0.4 is 0 Å². The smallest absolute Gasteiger partial charge is 0.336 e. The molecule has 0 amide bonds.